The van der Waals surface area contributed by atoms with Crippen molar-refractivity contribution in [2.45, 2.75) is 13.5 Å². The van der Waals surface area contributed by atoms with Gasteiger partial charge in [0.15, 0.2) is 0 Å². The summed E-state index contributed by atoms with van der Waals surface area (Å²) in [5, 5.41) is 3.27. The van der Waals surface area contributed by atoms with E-state index in [-0.39, 0.29) is 0 Å². The van der Waals surface area contributed by atoms with E-state index in [9.17, 15) is 4.21 Å². The molecule has 0 saturated carbocycles. The third-order valence-corrected chi connectivity index (χ3v) is 3.77. The van der Waals surface area contributed by atoms with Crippen molar-refractivity contribution in [2.75, 3.05) is 18.6 Å². The number of hydrogen-bond donors (Lipinski definition) is 1. The van der Waals surface area contributed by atoms with Crippen molar-refractivity contribution in [3.63, 3.8) is 0 Å². The Balaban J connectivity index is 2.38. The maximum absolute atomic E-state index is 10.8. The van der Waals surface area contributed by atoms with E-state index in [0.717, 1.165) is 17.6 Å². The lowest BCUT2D eigenvalue weighted by Gasteiger charge is -2.05. The summed E-state index contributed by atoms with van der Waals surface area (Å²) < 4.78 is 12.0. The molecular weight excluding hydrogens is 274 g/mol. The predicted molar refractivity (Wildman–Crippen MR) is 69.5 cm³/mol. The van der Waals surface area contributed by atoms with Gasteiger partial charge in [-0.3, -0.25) is 4.21 Å². The van der Waals surface area contributed by atoms with Gasteiger partial charge in [-0.1, -0.05) is 28.1 Å². The highest BCUT2D eigenvalue weighted by Crippen LogP contribution is 2.17. The molecule has 0 fully saturated rings. The minimum atomic E-state index is -0.703. The summed E-state index contributed by atoms with van der Waals surface area (Å²) in [4.78, 5) is 0. The third-order valence-electron chi connectivity index (χ3n) is 2.13. The molecule has 0 saturated heterocycles. The molecule has 1 atom stereocenters. The van der Waals surface area contributed by atoms with Crippen LogP contribution in [0.15, 0.2) is 22.7 Å². The number of halogens is 1. The Hall–Kier alpha value is -0.190. The van der Waals surface area contributed by atoms with E-state index in [1.165, 1.54) is 11.1 Å². The molecule has 0 bridgehead atoms. The average molecular weight is 290 g/mol. The monoisotopic (exact) mass is 289 g/mol. The molecule has 0 radical (unpaired) electrons. The van der Waals surface area contributed by atoms with Crippen molar-refractivity contribution in [3.8, 4) is 0 Å². The van der Waals surface area contributed by atoms with E-state index in [4.69, 9.17) is 0 Å². The first kappa shape index (κ1) is 12.9. The lowest BCUT2D eigenvalue weighted by molar-refractivity contribution is 0.676. The van der Waals surface area contributed by atoms with Crippen LogP contribution in [-0.4, -0.2) is 22.8 Å². The maximum Gasteiger partial charge on any atom is 0.0357 e. The molecule has 15 heavy (non-hydrogen) atoms. The molecule has 2 nitrogen and oxygen atoms in total. The van der Waals surface area contributed by atoms with Crippen molar-refractivity contribution in [1.82, 2.24) is 5.32 Å². The molecule has 1 aromatic carbocycles. The molecule has 0 aliphatic heterocycles. The van der Waals surface area contributed by atoms with Crippen molar-refractivity contribution in [2.24, 2.45) is 0 Å². The Morgan fingerprint density at radius 2 is 2.20 bits per heavy atom. The fourth-order valence-corrected chi connectivity index (χ4v) is 2.05. The normalized spacial score (nSPS) is 12.7. The van der Waals surface area contributed by atoms with Crippen LogP contribution in [0.5, 0.6) is 0 Å². The van der Waals surface area contributed by atoms with Gasteiger partial charge in [0.1, 0.15) is 0 Å². The minimum Gasteiger partial charge on any atom is -0.312 e. The van der Waals surface area contributed by atoms with Crippen molar-refractivity contribution < 1.29 is 4.21 Å². The second-order valence-corrected chi connectivity index (χ2v) is 5.95. The quantitative estimate of drug-likeness (QED) is 0.843. The van der Waals surface area contributed by atoms with Crippen molar-refractivity contribution in [3.05, 3.63) is 33.8 Å². The first-order valence-corrected chi connectivity index (χ1v) is 7.37. The van der Waals surface area contributed by atoms with Crippen LogP contribution in [0.1, 0.15) is 11.1 Å². The molecule has 1 N–H and O–H groups in total. The molecule has 1 rings (SSSR count). The SMILES string of the molecule is Cc1ccc(CNCCS(C)=O)cc1Br. The molecule has 1 aromatic rings. The highest BCUT2D eigenvalue weighted by Gasteiger charge is 1.97. The van der Waals surface area contributed by atoms with Gasteiger partial charge in [0.05, 0.1) is 0 Å². The number of nitrogens with one attached hydrogen (secondary N) is 1. The molecular formula is C11H16BrNOS. The maximum atomic E-state index is 10.8. The predicted octanol–water partition coefficient (Wildman–Crippen LogP) is 2.23. The topological polar surface area (TPSA) is 29.1 Å². The molecule has 84 valence electrons. The lowest BCUT2D eigenvalue weighted by atomic mass is 10.1. The van der Waals surface area contributed by atoms with Crippen LogP contribution in [-0.2, 0) is 17.3 Å². The van der Waals surface area contributed by atoms with Crippen LogP contribution in [0.2, 0.25) is 0 Å². The van der Waals surface area contributed by atoms with Gasteiger partial charge >= 0.3 is 0 Å². The van der Waals surface area contributed by atoms with E-state index in [1.807, 2.05) is 0 Å². The van der Waals surface area contributed by atoms with E-state index in [2.05, 4.69) is 46.4 Å². The summed E-state index contributed by atoms with van der Waals surface area (Å²) in [6.45, 7) is 3.70. The molecule has 0 amide bonds. The second kappa shape index (κ2) is 6.40. The summed E-state index contributed by atoms with van der Waals surface area (Å²) in [7, 11) is -0.703. The molecule has 0 heterocycles. The minimum absolute atomic E-state index is 0.703. The van der Waals surface area contributed by atoms with E-state index < -0.39 is 10.8 Å². The van der Waals surface area contributed by atoms with Gasteiger partial charge in [-0.05, 0) is 24.1 Å². The standard InChI is InChI=1S/C11H16BrNOS/c1-9-3-4-10(7-11(9)12)8-13-5-6-15(2)14/h3-4,7,13H,5-6,8H2,1-2H3. The zero-order chi connectivity index (χ0) is 11.3. The number of benzene rings is 1. The Morgan fingerprint density at radius 1 is 1.47 bits per heavy atom. The van der Waals surface area contributed by atoms with E-state index in [0.29, 0.717) is 5.75 Å². The summed E-state index contributed by atoms with van der Waals surface area (Å²) >= 11 is 3.50. The third kappa shape index (κ3) is 4.91. The number of aryl methyl sites for hydroxylation is 1. The van der Waals surface area contributed by atoms with Crippen LogP contribution in [0, 0.1) is 6.92 Å². The summed E-state index contributed by atoms with van der Waals surface area (Å²) in [6, 6.07) is 6.32. The van der Waals surface area contributed by atoms with Gasteiger partial charge < -0.3 is 5.32 Å². The Morgan fingerprint density at radius 3 is 2.80 bits per heavy atom. The zero-order valence-electron chi connectivity index (χ0n) is 9.05. The van der Waals surface area contributed by atoms with Crippen LogP contribution < -0.4 is 5.32 Å². The van der Waals surface area contributed by atoms with Crippen LogP contribution in [0.4, 0.5) is 0 Å². The van der Waals surface area contributed by atoms with Crippen molar-refractivity contribution >= 4 is 26.7 Å². The molecule has 1 unspecified atom stereocenters. The molecule has 0 aliphatic rings. The Kier molecular flexibility index (Phi) is 5.50. The van der Waals surface area contributed by atoms with Gasteiger partial charge in [-0.2, -0.15) is 0 Å². The van der Waals surface area contributed by atoms with Gasteiger partial charge in [-0.25, -0.2) is 0 Å². The molecule has 0 aliphatic carbocycles. The average Bonchev–Trinajstić information content (AvgIpc) is 2.18. The Labute approximate surface area is 102 Å². The number of hydrogen-bond acceptors (Lipinski definition) is 2. The number of rotatable bonds is 5. The first-order chi connectivity index (χ1) is 7.09. The fraction of sp³-hybridized carbons (Fsp3) is 0.455. The largest absolute Gasteiger partial charge is 0.312 e. The highest BCUT2D eigenvalue weighted by molar-refractivity contribution is 9.10. The van der Waals surface area contributed by atoms with Gasteiger partial charge in [0.25, 0.3) is 0 Å². The molecule has 0 aromatic heterocycles. The summed E-state index contributed by atoms with van der Waals surface area (Å²) in [5.41, 5.74) is 2.49. The highest BCUT2D eigenvalue weighted by atomic mass is 79.9. The van der Waals surface area contributed by atoms with E-state index in [1.54, 1.807) is 6.26 Å². The van der Waals surface area contributed by atoms with Crippen LogP contribution in [0.3, 0.4) is 0 Å². The summed E-state index contributed by atoms with van der Waals surface area (Å²) in [5.74, 6) is 0.715. The molecule has 0 spiro atoms. The fourth-order valence-electron chi connectivity index (χ4n) is 1.19. The van der Waals surface area contributed by atoms with Gasteiger partial charge in [-0.15, -0.1) is 0 Å². The van der Waals surface area contributed by atoms with E-state index >= 15 is 0 Å². The first-order valence-electron chi connectivity index (χ1n) is 4.85. The zero-order valence-corrected chi connectivity index (χ0v) is 11.5. The summed E-state index contributed by atoms with van der Waals surface area (Å²) in [6.07, 6.45) is 1.73. The van der Waals surface area contributed by atoms with Gasteiger partial charge in [0, 0.05) is 40.4 Å². The van der Waals surface area contributed by atoms with Crippen molar-refractivity contribution in [1.29, 1.82) is 0 Å². The Bertz CT molecular complexity index is 354. The van der Waals surface area contributed by atoms with Crippen LogP contribution >= 0.6 is 15.9 Å². The smallest absolute Gasteiger partial charge is 0.0357 e. The molecule has 4 heteroatoms. The van der Waals surface area contributed by atoms with Crippen LogP contribution in [0.25, 0.3) is 0 Å². The van der Waals surface area contributed by atoms with Gasteiger partial charge in [0.2, 0.25) is 0 Å². The lowest BCUT2D eigenvalue weighted by Crippen LogP contribution is -2.19. The second-order valence-electron chi connectivity index (χ2n) is 3.54.